The largest absolute Gasteiger partial charge is 0.324 e. The predicted molar refractivity (Wildman–Crippen MR) is 129 cm³/mol. The van der Waals surface area contributed by atoms with Gasteiger partial charge in [0.15, 0.2) is 0 Å². The second-order valence-corrected chi connectivity index (χ2v) is 9.42. The SMILES string of the molecule is CC(C)(C)c1ccc(-c2nc3ccccc3n2CC(=O)Nc2cc(Cl)cc(Cl)c2)cc1. The molecule has 0 unspecified atom stereocenters. The van der Waals surface area contributed by atoms with E-state index in [-0.39, 0.29) is 17.9 Å². The molecule has 31 heavy (non-hydrogen) atoms. The summed E-state index contributed by atoms with van der Waals surface area (Å²) in [5.41, 5.74) is 4.57. The quantitative estimate of drug-likeness (QED) is 0.364. The number of imidazole rings is 1. The lowest BCUT2D eigenvalue weighted by atomic mass is 9.87. The number of aromatic nitrogens is 2. The molecule has 0 aliphatic rings. The number of nitrogens with zero attached hydrogens (tertiary/aromatic N) is 2. The highest BCUT2D eigenvalue weighted by atomic mass is 35.5. The Morgan fingerprint density at radius 2 is 1.61 bits per heavy atom. The van der Waals surface area contributed by atoms with Crippen LogP contribution in [0.3, 0.4) is 0 Å². The first-order valence-corrected chi connectivity index (χ1v) is 10.8. The molecule has 0 fully saturated rings. The van der Waals surface area contributed by atoms with E-state index in [1.165, 1.54) is 5.56 Å². The molecule has 0 aliphatic carbocycles. The van der Waals surface area contributed by atoms with E-state index in [4.69, 9.17) is 28.2 Å². The normalized spacial score (nSPS) is 11.6. The van der Waals surface area contributed by atoms with Crippen molar-refractivity contribution < 1.29 is 4.79 Å². The monoisotopic (exact) mass is 451 g/mol. The van der Waals surface area contributed by atoms with Gasteiger partial charge in [-0.1, -0.05) is 80.4 Å². The van der Waals surface area contributed by atoms with Crippen molar-refractivity contribution in [2.24, 2.45) is 0 Å². The molecule has 0 saturated carbocycles. The Labute approximate surface area is 191 Å². The van der Waals surface area contributed by atoms with Crippen LogP contribution in [0, 0.1) is 0 Å². The third-order valence-corrected chi connectivity index (χ3v) is 5.55. The summed E-state index contributed by atoms with van der Waals surface area (Å²) in [7, 11) is 0. The fourth-order valence-electron chi connectivity index (χ4n) is 3.55. The molecule has 0 aliphatic heterocycles. The number of carbonyl (C=O) groups is 1. The Hall–Kier alpha value is -2.82. The molecule has 4 rings (SSSR count). The van der Waals surface area contributed by atoms with Gasteiger partial charge in [-0.25, -0.2) is 4.98 Å². The highest BCUT2D eigenvalue weighted by Crippen LogP contribution is 2.29. The first-order valence-electron chi connectivity index (χ1n) is 10.0. The highest BCUT2D eigenvalue weighted by molar-refractivity contribution is 6.35. The second-order valence-electron chi connectivity index (χ2n) is 8.54. The van der Waals surface area contributed by atoms with E-state index < -0.39 is 0 Å². The van der Waals surface area contributed by atoms with Crippen molar-refractivity contribution in [2.45, 2.75) is 32.7 Å². The third kappa shape index (κ3) is 4.76. The molecule has 1 aromatic heterocycles. The molecule has 0 radical (unpaired) electrons. The molecule has 3 aromatic carbocycles. The van der Waals surface area contributed by atoms with Gasteiger partial charge in [-0.3, -0.25) is 4.79 Å². The van der Waals surface area contributed by atoms with E-state index in [1.807, 2.05) is 28.8 Å². The molecule has 4 aromatic rings. The van der Waals surface area contributed by atoms with Gasteiger partial charge in [0.2, 0.25) is 5.91 Å². The van der Waals surface area contributed by atoms with Gasteiger partial charge < -0.3 is 9.88 Å². The summed E-state index contributed by atoms with van der Waals surface area (Å²) in [5, 5.41) is 3.81. The van der Waals surface area contributed by atoms with Crippen LogP contribution in [-0.2, 0) is 16.8 Å². The minimum absolute atomic E-state index is 0.0663. The maximum atomic E-state index is 12.9. The molecule has 6 heteroatoms. The van der Waals surface area contributed by atoms with Crippen LogP contribution in [0.15, 0.2) is 66.7 Å². The topological polar surface area (TPSA) is 46.9 Å². The summed E-state index contributed by atoms with van der Waals surface area (Å²) in [6, 6.07) is 21.1. The molecule has 158 valence electrons. The summed E-state index contributed by atoms with van der Waals surface area (Å²) in [5.74, 6) is 0.565. The summed E-state index contributed by atoms with van der Waals surface area (Å²) in [6.45, 7) is 6.66. The van der Waals surface area contributed by atoms with Gasteiger partial charge in [0.25, 0.3) is 0 Å². The minimum Gasteiger partial charge on any atom is -0.324 e. The van der Waals surface area contributed by atoms with E-state index in [0.29, 0.717) is 15.7 Å². The maximum absolute atomic E-state index is 12.9. The summed E-state index contributed by atoms with van der Waals surface area (Å²) in [6.07, 6.45) is 0. The van der Waals surface area contributed by atoms with E-state index in [9.17, 15) is 4.79 Å². The lowest BCUT2D eigenvalue weighted by molar-refractivity contribution is -0.116. The second kappa shape index (κ2) is 8.37. The number of para-hydroxylation sites is 2. The number of fused-ring (bicyclic) bond motifs is 1. The number of hydrogen-bond acceptors (Lipinski definition) is 2. The number of amides is 1. The number of rotatable bonds is 4. The zero-order valence-corrected chi connectivity index (χ0v) is 19.1. The number of benzene rings is 3. The molecule has 1 amide bonds. The lowest BCUT2D eigenvalue weighted by Crippen LogP contribution is -2.19. The minimum atomic E-state index is -0.186. The molecular formula is C25H23Cl2N3O. The van der Waals surface area contributed by atoms with E-state index in [2.05, 4.69) is 50.4 Å². The number of anilines is 1. The van der Waals surface area contributed by atoms with Crippen LogP contribution in [0.1, 0.15) is 26.3 Å². The predicted octanol–water partition coefficient (Wildman–Crippen LogP) is 6.95. The first kappa shape index (κ1) is 21.4. The molecule has 4 nitrogen and oxygen atoms in total. The Bertz CT molecular complexity index is 1230. The zero-order chi connectivity index (χ0) is 22.2. The van der Waals surface area contributed by atoms with Gasteiger partial charge in [-0.05, 0) is 41.3 Å². The Morgan fingerprint density at radius 1 is 0.968 bits per heavy atom. The van der Waals surface area contributed by atoms with E-state index >= 15 is 0 Å². The number of nitrogens with one attached hydrogen (secondary N) is 1. The van der Waals surface area contributed by atoms with Gasteiger partial charge in [0.05, 0.1) is 11.0 Å². The van der Waals surface area contributed by atoms with Crippen LogP contribution in [0.5, 0.6) is 0 Å². The standard InChI is InChI=1S/C25H23Cl2N3O/c1-25(2,3)17-10-8-16(9-11-17)24-29-21-6-4-5-7-22(21)30(24)15-23(31)28-20-13-18(26)12-19(27)14-20/h4-14H,15H2,1-3H3,(H,28,31). The number of halogens is 2. The summed E-state index contributed by atoms with van der Waals surface area (Å²) < 4.78 is 1.93. The average molecular weight is 452 g/mol. The van der Waals surface area contributed by atoms with Crippen molar-refractivity contribution in [3.63, 3.8) is 0 Å². The smallest absolute Gasteiger partial charge is 0.244 e. The van der Waals surface area contributed by atoms with Crippen LogP contribution in [-0.4, -0.2) is 15.5 Å². The summed E-state index contributed by atoms with van der Waals surface area (Å²) >= 11 is 12.1. The average Bonchev–Trinajstić information content (AvgIpc) is 3.05. The molecule has 1 heterocycles. The third-order valence-electron chi connectivity index (χ3n) is 5.11. The lowest BCUT2D eigenvalue weighted by Gasteiger charge is -2.19. The van der Waals surface area contributed by atoms with Gasteiger partial charge in [-0.2, -0.15) is 0 Å². The van der Waals surface area contributed by atoms with Crippen LogP contribution < -0.4 is 5.32 Å². The van der Waals surface area contributed by atoms with Crippen molar-refractivity contribution in [1.29, 1.82) is 0 Å². The fraction of sp³-hybridized carbons (Fsp3) is 0.200. The van der Waals surface area contributed by atoms with Crippen LogP contribution >= 0.6 is 23.2 Å². The molecule has 0 saturated heterocycles. The van der Waals surface area contributed by atoms with Gasteiger partial charge >= 0.3 is 0 Å². The zero-order valence-electron chi connectivity index (χ0n) is 17.6. The van der Waals surface area contributed by atoms with Gasteiger partial charge in [0, 0.05) is 21.3 Å². The molecule has 0 atom stereocenters. The van der Waals surface area contributed by atoms with Crippen molar-refractivity contribution in [2.75, 3.05) is 5.32 Å². The molecule has 1 N–H and O–H groups in total. The maximum Gasteiger partial charge on any atom is 0.244 e. The van der Waals surface area contributed by atoms with Crippen molar-refractivity contribution in [3.05, 3.63) is 82.3 Å². The van der Waals surface area contributed by atoms with Gasteiger partial charge in [-0.15, -0.1) is 0 Å². The van der Waals surface area contributed by atoms with E-state index in [1.54, 1.807) is 18.2 Å². The Kier molecular flexibility index (Phi) is 5.78. The molecule has 0 bridgehead atoms. The number of hydrogen-bond donors (Lipinski definition) is 1. The molecular weight excluding hydrogens is 429 g/mol. The Balaban J connectivity index is 1.69. The van der Waals surface area contributed by atoms with Crippen molar-refractivity contribution >= 4 is 45.8 Å². The van der Waals surface area contributed by atoms with Crippen LogP contribution in [0.25, 0.3) is 22.4 Å². The van der Waals surface area contributed by atoms with Crippen LogP contribution in [0.2, 0.25) is 10.0 Å². The van der Waals surface area contributed by atoms with E-state index in [0.717, 1.165) is 22.4 Å². The first-order chi connectivity index (χ1) is 14.7. The highest BCUT2D eigenvalue weighted by Gasteiger charge is 2.17. The molecule has 0 spiro atoms. The summed E-state index contributed by atoms with van der Waals surface area (Å²) in [4.78, 5) is 17.7. The number of carbonyl (C=O) groups excluding carboxylic acids is 1. The van der Waals surface area contributed by atoms with Gasteiger partial charge in [0.1, 0.15) is 12.4 Å². The van der Waals surface area contributed by atoms with Crippen molar-refractivity contribution in [1.82, 2.24) is 9.55 Å². The Morgan fingerprint density at radius 3 is 2.26 bits per heavy atom. The van der Waals surface area contributed by atoms with Crippen LogP contribution in [0.4, 0.5) is 5.69 Å². The fourth-order valence-corrected chi connectivity index (χ4v) is 4.07. The van der Waals surface area contributed by atoms with Crippen molar-refractivity contribution in [3.8, 4) is 11.4 Å².